The Morgan fingerprint density at radius 1 is 1.08 bits per heavy atom. The van der Waals surface area contributed by atoms with E-state index in [0.717, 1.165) is 11.4 Å². The summed E-state index contributed by atoms with van der Waals surface area (Å²) in [6.07, 6.45) is 2.14. The molecule has 3 heterocycles. The van der Waals surface area contributed by atoms with E-state index in [-0.39, 0.29) is 36.6 Å². The van der Waals surface area contributed by atoms with Gasteiger partial charge < -0.3 is 4.90 Å². The molecule has 7 nitrogen and oxygen atoms in total. The Balaban J connectivity index is 1.47. The molecular weight excluding hydrogens is 320 g/mol. The van der Waals surface area contributed by atoms with Crippen molar-refractivity contribution in [1.82, 2.24) is 19.6 Å². The highest BCUT2D eigenvalue weighted by Crippen LogP contribution is 2.25. The average molecular weight is 338 g/mol. The minimum Gasteiger partial charge on any atom is -0.334 e. The van der Waals surface area contributed by atoms with Crippen LogP contribution in [0.4, 0.5) is 0 Å². The first-order chi connectivity index (χ1) is 12.1. The van der Waals surface area contributed by atoms with Crippen LogP contribution >= 0.6 is 0 Å². The third kappa shape index (κ3) is 2.52. The van der Waals surface area contributed by atoms with Crippen LogP contribution in [-0.4, -0.2) is 56.4 Å². The van der Waals surface area contributed by atoms with Gasteiger partial charge in [-0.05, 0) is 19.1 Å². The predicted octanol–water partition coefficient (Wildman–Crippen LogP) is 1.15. The van der Waals surface area contributed by atoms with Crippen LogP contribution < -0.4 is 0 Å². The van der Waals surface area contributed by atoms with Crippen LogP contribution in [-0.2, 0) is 9.59 Å². The van der Waals surface area contributed by atoms with Gasteiger partial charge >= 0.3 is 0 Å². The maximum absolute atomic E-state index is 12.7. The molecule has 2 aliphatic heterocycles. The van der Waals surface area contributed by atoms with E-state index < -0.39 is 0 Å². The predicted molar refractivity (Wildman–Crippen MR) is 89.1 cm³/mol. The van der Waals surface area contributed by atoms with Gasteiger partial charge in [0.2, 0.25) is 11.8 Å². The van der Waals surface area contributed by atoms with Crippen molar-refractivity contribution in [1.29, 1.82) is 0 Å². The quantitative estimate of drug-likeness (QED) is 0.787. The number of carbonyl (C=O) groups is 3. The molecule has 0 unspecified atom stereocenters. The summed E-state index contributed by atoms with van der Waals surface area (Å²) in [5.41, 5.74) is 2.21. The van der Waals surface area contributed by atoms with Gasteiger partial charge in [-0.3, -0.25) is 19.3 Å². The standard InChI is InChI=1S/C18H18N4O3/c1-12-15(9-19-22(12)13-5-3-2-4-6-13)18(25)20-10-14(11-20)21-16(23)7-8-17(21)24/h2-6,9,14H,7-8,10-11H2,1H3. The molecule has 0 bridgehead atoms. The molecule has 3 amide bonds. The van der Waals surface area contributed by atoms with Gasteiger partial charge in [0, 0.05) is 25.9 Å². The second kappa shape index (κ2) is 5.84. The molecule has 1 aromatic carbocycles. The van der Waals surface area contributed by atoms with Crippen LogP contribution in [0.2, 0.25) is 0 Å². The zero-order valence-corrected chi connectivity index (χ0v) is 13.9. The number of imide groups is 1. The number of rotatable bonds is 3. The molecule has 0 spiro atoms. The van der Waals surface area contributed by atoms with Crippen molar-refractivity contribution < 1.29 is 14.4 Å². The van der Waals surface area contributed by atoms with Gasteiger partial charge in [-0.1, -0.05) is 18.2 Å². The van der Waals surface area contributed by atoms with E-state index in [4.69, 9.17) is 0 Å². The number of carbonyl (C=O) groups excluding carboxylic acids is 3. The molecule has 0 saturated carbocycles. The third-order valence-corrected chi connectivity index (χ3v) is 4.85. The Morgan fingerprint density at radius 3 is 2.36 bits per heavy atom. The molecule has 4 rings (SSSR count). The molecule has 2 aliphatic rings. The van der Waals surface area contributed by atoms with Gasteiger partial charge in [0.15, 0.2) is 0 Å². The monoisotopic (exact) mass is 338 g/mol. The summed E-state index contributed by atoms with van der Waals surface area (Å²) in [7, 11) is 0. The molecule has 128 valence electrons. The van der Waals surface area contributed by atoms with Gasteiger partial charge in [-0.25, -0.2) is 4.68 Å². The molecule has 0 N–H and O–H groups in total. The molecule has 0 atom stereocenters. The maximum atomic E-state index is 12.7. The first-order valence-electron chi connectivity index (χ1n) is 8.30. The first kappa shape index (κ1) is 15.6. The zero-order chi connectivity index (χ0) is 17.6. The number of para-hydroxylation sites is 1. The molecule has 25 heavy (non-hydrogen) atoms. The summed E-state index contributed by atoms with van der Waals surface area (Å²) in [5.74, 6) is -0.375. The molecule has 0 aliphatic carbocycles. The van der Waals surface area contributed by atoms with Gasteiger partial charge in [0.1, 0.15) is 0 Å². The number of aromatic nitrogens is 2. The summed E-state index contributed by atoms with van der Waals surface area (Å²) in [6, 6.07) is 9.44. The number of hydrogen-bond acceptors (Lipinski definition) is 4. The molecule has 2 fully saturated rings. The van der Waals surface area contributed by atoms with E-state index in [1.807, 2.05) is 37.3 Å². The fourth-order valence-corrected chi connectivity index (χ4v) is 3.40. The lowest BCUT2D eigenvalue weighted by Crippen LogP contribution is -2.62. The third-order valence-electron chi connectivity index (χ3n) is 4.85. The number of benzene rings is 1. The van der Waals surface area contributed by atoms with Crippen LogP contribution in [0.15, 0.2) is 36.5 Å². The van der Waals surface area contributed by atoms with Crippen LogP contribution in [0, 0.1) is 6.92 Å². The molecular formula is C18H18N4O3. The lowest BCUT2D eigenvalue weighted by Gasteiger charge is -2.42. The van der Waals surface area contributed by atoms with Crippen molar-refractivity contribution in [3.8, 4) is 5.69 Å². The van der Waals surface area contributed by atoms with Crippen LogP contribution in [0.5, 0.6) is 0 Å². The summed E-state index contributed by atoms with van der Waals surface area (Å²) in [6.45, 7) is 2.65. The smallest absolute Gasteiger partial charge is 0.257 e. The van der Waals surface area contributed by atoms with E-state index >= 15 is 0 Å². The normalized spacial score (nSPS) is 18.0. The second-order valence-corrected chi connectivity index (χ2v) is 6.41. The molecule has 2 aromatic rings. The minimum atomic E-state index is -0.184. The fraction of sp³-hybridized carbons (Fsp3) is 0.333. The van der Waals surface area contributed by atoms with Crippen molar-refractivity contribution >= 4 is 17.7 Å². The SMILES string of the molecule is Cc1c(C(=O)N2CC(N3C(=O)CCC3=O)C2)cnn1-c1ccccc1. The van der Waals surface area contributed by atoms with E-state index in [2.05, 4.69) is 5.10 Å². The number of nitrogens with zero attached hydrogens (tertiary/aromatic N) is 4. The van der Waals surface area contributed by atoms with Gasteiger partial charge in [-0.15, -0.1) is 0 Å². The van der Waals surface area contributed by atoms with Crippen molar-refractivity contribution in [2.24, 2.45) is 0 Å². The van der Waals surface area contributed by atoms with Crippen LogP contribution in [0.25, 0.3) is 5.69 Å². The van der Waals surface area contributed by atoms with E-state index in [1.54, 1.807) is 15.8 Å². The van der Waals surface area contributed by atoms with Crippen molar-refractivity contribution in [3.05, 3.63) is 47.8 Å². The Morgan fingerprint density at radius 2 is 1.72 bits per heavy atom. The van der Waals surface area contributed by atoms with Gasteiger partial charge in [0.05, 0.1) is 29.2 Å². The lowest BCUT2D eigenvalue weighted by atomic mass is 10.1. The van der Waals surface area contributed by atoms with E-state index in [1.165, 1.54) is 4.90 Å². The number of hydrogen-bond donors (Lipinski definition) is 0. The Bertz CT molecular complexity index is 836. The summed E-state index contributed by atoms with van der Waals surface area (Å²) < 4.78 is 1.73. The molecule has 1 aromatic heterocycles. The van der Waals surface area contributed by atoms with Crippen molar-refractivity contribution in [3.63, 3.8) is 0 Å². The highest BCUT2D eigenvalue weighted by Gasteiger charge is 2.43. The highest BCUT2D eigenvalue weighted by molar-refractivity contribution is 6.03. The Hall–Kier alpha value is -2.96. The second-order valence-electron chi connectivity index (χ2n) is 6.41. The van der Waals surface area contributed by atoms with E-state index in [9.17, 15) is 14.4 Å². The van der Waals surface area contributed by atoms with Crippen molar-refractivity contribution in [2.45, 2.75) is 25.8 Å². The zero-order valence-electron chi connectivity index (χ0n) is 13.9. The summed E-state index contributed by atoms with van der Waals surface area (Å²) >= 11 is 0. The lowest BCUT2D eigenvalue weighted by molar-refractivity contribution is -0.144. The average Bonchev–Trinajstić information content (AvgIpc) is 3.11. The minimum absolute atomic E-state index is 0.116. The Labute approximate surface area is 144 Å². The molecule has 2 saturated heterocycles. The fourth-order valence-electron chi connectivity index (χ4n) is 3.40. The molecule has 7 heteroatoms. The van der Waals surface area contributed by atoms with Crippen molar-refractivity contribution in [2.75, 3.05) is 13.1 Å². The summed E-state index contributed by atoms with van der Waals surface area (Å²) in [5, 5.41) is 4.32. The topological polar surface area (TPSA) is 75.5 Å². The largest absolute Gasteiger partial charge is 0.334 e. The Kier molecular flexibility index (Phi) is 3.63. The molecule has 0 radical (unpaired) electrons. The van der Waals surface area contributed by atoms with Gasteiger partial charge in [0.25, 0.3) is 5.91 Å². The summed E-state index contributed by atoms with van der Waals surface area (Å²) in [4.78, 5) is 39.2. The van der Waals surface area contributed by atoms with E-state index in [0.29, 0.717) is 18.7 Å². The van der Waals surface area contributed by atoms with Gasteiger partial charge in [-0.2, -0.15) is 5.10 Å². The highest BCUT2D eigenvalue weighted by atomic mass is 16.2. The van der Waals surface area contributed by atoms with Crippen LogP contribution in [0.1, 0.15) is 28.9 Å². The first-order valence-corrected chi connectivity index (χ1v) is 8.30. The number of amides is 3. The van der Waals surface area contributed by atoms with Crippen LogP contribution in [0.3, 0.4) is 0 Å². The number of likely N-dealkylation sites (tertiary alicyclic amines) is 2. The maximum Gasteiger partial charge on any atom is 0.257 e.